The molecule has 4 rings (SSSR count). The summed E-state index contributed by atoms with van der Waals surface area (Å²) in [5.41, 5.74) is 0.496. The number of hydrogen-bond donors (Lipinski definition) is 1. The molecule has 0 radical (unpaired) electrons. The predicted octanol–water partition coefficient (Wildman–Crippen LogP) is 2.79. The van der Waals surface area contributed by atoms with Gasteiger partial charge in [0.15, 0.2) is 11.5 Å². The highest BCUT2D eigenvalue weighted by molar-refractivity contribution is 5.84. The van der Waals surface area contributed by atoms with Gasteiger partial charge in [-0.1, -0.05) is 6.08 Å². The van der Waals surface area contributed by atoms with Crippen LogP contribution in [0.3, 0.4) is 0 Å². The topological polar surface area (TPSA) is 99.9 Å². The Morgan fingerprint density at radius 2 is 1.83 bits per heavy atom. The Balaban J connectivity index is 1.74. The number of carboxylic acid groups (broad SMARTS) is 1. The Kier molecular flexibility index (Phi) is 4.64. The summed E-state index contributed by atoms with van der Waals surface area (Å²) in [6.07, 6.45) is 7.19. The fraction of sp³-hybridized carbons (Fsp3) is 0.318. The van der Waals surface area contributed by atoms with E-state index in [2.05, 4.69) is 4.98 Å². The largest absolute Gasteiger partial charge is 0.496 e. The average Bonchev–Trinajstić information content (AvgIpc) is 3.50. The summed E-state index contributed by atoms with van der Waals surface area (Å²) in [5, 5.41) is 9.49. The van der Waals surface area contributed by atoms with Crippen LogP contribution in [0.2, 0.25) is 0 Å². The summed E-state index contributed by atoms with van der Waals surface area (Å²) in [6.45, 7) is 1.69. The number of nitrogens with zero attached hydrogens (tertiary/aromatic N) is 2. The summed E-state index contributed by atoms with van der Waals surface area (Å²) >= 11 is 0. The number of hydrogen-bond acceptors (Lipinski definition) is 6. The molecule has 1 aromatic heterocycles. The van der Waals surface area contributed by atoms with Crippen molar-refractivity contribution in [3.63, 3.8) is 0 Å². The zero-order valence-corrected chi connectivity index (χ0v) is 17.1. The number of carbonyl (C=O) groups is 1. The third-order valence-corrected chi connectivity index (χ3v) is 5.77. The maximum absolute atomic E-state index is 13.0. The molecule has 8 nitrogen and oxygen atoms in total. The van der Waals surface area contributed by atoms with Gasteiger partial charge in [-0.2, -0.15) is 0 Å². The van der Waals surface area contributed by atoms with Crippen molar-refractivity contribution in [3.05, 3.63) is 51.2 Å². The van der Waals surface area contributed by atoms with E-state index in [9.17, 15) is 14.7 Å². The number of ether oxygens (including phenoxy) is 3. The van der Waals surface area contributed by atoms with E-state index in [4.69, 9.17) is 14.2 Å². The Hall–Kier alpha value is -3.55. The summed E-state index contributed by atoms with van der Waals surface area (Å²) in [5.74, 6) is 1.23. The molecule has 2 aliphatic rings. The van der Waals surface area contributed by atoms with Gasteiger partial charge in [-0.25, -0.2) is 4.98 Å². The molecule has 156 valence electrons. The number of aromatic nitrogens is 2. The van der Waals surface area contributed by atoms with Gasteiger partial charge in [-0.3, -0.25) is 14.2 Å². The van der Waals surface area contributed by atoms with E-state index in [0.29, 0.717) is 40.8 Å². The Labute approximate surface area is 173 Å². The van der Waals surface area contributed by atoms with Crippen molar-refractivity contribution >= 4 is 24.2 Å². The second-order valence-electron chi connectivity index (χ2n) is 7.34. The van der Waals surface area contributed by atoms with Crippen LogP contribution in [0, 0.1) is 12.3 Å². The van der Waals surface area contributed by atoms with Gasteiger partial charge in [0.25, 0.3) is 5.56 Å². The van der Waals surface area contributed by atoms with E-state index in [1.54, 1.807) is 64.7 Å². The van der Waals surface area contributed by atoms with Crippen molar-refractivity contribution in [2.24, 2.45) is 5.41 Å². The van der Waals surface area contributed by atoms with Crippen molar-refractivity contribution in [3.8, 4) is 17.2 Å². The highest BCUT2D eigenvalue weighted by atomic mass is 16.5. The molecule has 0 spiro atoms. The first kappa shape index (κ1) is 19.8. The molecule has 2 heterocycles. The van der Waals surface area contributed by atoms with Gasteiger partial charge in [0.1, 0.15) is 17.0 Å². The smallest absolute Gasteiger partial charge is 0.315 e. The number of aliphatic carboxylic acids is 1. The monoisotopic (exact) mass is 410 g/mol. The normalized spacial score (nSPS) is 21.1. The molecule has 1 fully saturated rings. The van der Waals surface area contributed by atoms with Gasteiger partial charge in [0, 0.05) is 17.2 Å². The van der Waals surface area contributed by atoms with E-state index in [-0.39, 0.29) is 11.6 Å². The second-order valence-corrected chi connectivity index (χ2v) is 7.34. The van der Waals surface area contributed by atoms with Crippen LogP contribution in [0.5, 0.6) is 17.2 Å². The highest BCUT2D eigenvalue weighted by Gasteiger charge is 2.62. The van der Waals surface area contributed by atoms with Gasteiger partial charge in [-0.05, 0) is 37.6 Å². The lowest BCUT2D eigenvalue weighted by atomic mass is 10.0. The minimum absolute atomic E-state index is 0.226. The lowest BCUT2D eigenvalue weighted by Gasteiger charge is -2.18. The van der Waals surface area contributed by atoms with Crippen molar-refractivity contribution in [2.75, 3.05) is 21.3 Å². The van der Waals surface area contributed by atoms with Crippen LogP contribution in [0.4, 0.5) is 0 Å². The summed E-state index contributed by atoms with van der Waals surface area (Å²) in [7, 11) is 4.66. The lowest BCUT2D eigenvalue weighted by Crippen LogP contribution is -2.31. The Bertz CT molecular complexity index is 1160. The molecule has 1 N–H and O–H groups in total. The van der Waals surface area contributed by atoms with Crippen LogP contribution in [-0.2, 0) is 4.79 Å². The minimum Gasteiger partial charge on any atom is -0.496 e. The van der Waals surface area contributed by atoms with Crippen LogP contribution < -0.4 is 19.8 Å². The molecule has 1 aromatic carbocycles. The maximum Gasteiger partial charge on any atom is 0.315 e. The standard InChI is InChI=1S/C22H22N2O6/c1-12-14(6-5-13-9-16(29-3)17(30-4)10-15(13)28-2)23-19-7-8-22(21(26)27)11-18(22)24(19)20(12)25/h5-10,18H,11H2,1-4H3,(H,26,27)/b6-5+. The molecule has 0 saturated heterocycles. The van der Waals surface area contributed by atoms with Crippen LogP contribution in [0.1, 0.15) is 35.1 Å². The number of fused-ring (bicyclic) bond motifs is 3. The van der Waals surface area contributed by atoms with Crippen LogP contribution in [-0.4, -0.2) is 42.0 Å². The first-order valence-corrected chi connectivity index (χ1v) is 9.40. The van der Waals surface area contributed by atoms with E-state index < -0.39 is 11.4 Å². The molecule has 2 aromatic rings. The van der Waals surface area contributed by atoms with Crippen LogP contribution in [0.15, 0.2) is 23.0 Å². The predicted molar refractivity (Wildman–Crippen MR) is 111 cm³/mol. The third-order valence-electron chi connectivity index (χ3n) is 5.77. The van der Waals surface area contributed by atoms with Crippen molar-refractivity contribution < 1.29 is 24.1 Å². The van der Waals surface area contributed by atoms with Gasteiger partial charge in [0.2, 0.25) is 0 Å². The average molecular weight is 410 g/mol. The zero-order chi connectivity index (χ0) is 21.6. The summed E-state index contributed by atoms with van der Waals surface area (Å²) < 4.78 is 17.6. The highest BCUT2D eigenvalue weighted by Crippen LogP contribution is 2.59. The van der Waals surface area contributed by atoms with Gasteiger partial charge < -0.3 is 19.3 Å². The number of carboxylic acids is 1. The molecule has 0 amide bonds. The number of methoxy groups -OCH3 is 3. The van der Waals surface area contributed by atoms with E-state index in [1.807, 2.05) is 0 Å². The molecule has 30 heavy (non-hydrogen) atoms. The first-order valence-electron chi connectivity index (χ1n) is 9.40. The van der Waals surface area contributed by atoms with Crippen LogP contribution >= 0.6 is 0 Å². The number of benzene rings is 1. The minimum atomic E-state index is -0.977. The Morgan fingerprint density at radius 1 is 1.17 bits per heavy atom. The molecule has 1 saturated carbocycles. The van der Waals surface area contributed by atoms with E-state index in [0.717, 1.165) is 5.56 Å². The third kappa shape index (κ3) is 2.87. The molecular weight excluding hydrogens is 388 g/mol. The zero-order valence-electron chi connectivity index (χ0n) is 17.1. The molecule has 0 bridgehead atoms. The molecule has 2 unspecified atom stereocenters. The maximum atomic E-state index is 13.0. The van der Waals surface area contributed by atoms with Crippen LogP contribution in [0.25, 0.3) is 18.2 Å². The van der Waals surface area contributed by atoms with E-state index in [1.165, 1.54) is 4.57 Å². The van der Waals surface area contributed by atoms with Crippen molar-refractivity contribution in [1.82, 2.24) is 9.55 Å². The summed E-state index contributed by atoms with van der Waals surface area (Å²) in [4.78, 5) is 29.1. The van der Waals surface area contributed by atoms with Crippen molar-refractivity contribution in [2.45, 2.75) is 19.4 Å². The second kappa shape index (κ2) is 7.05. The number of rotatable bonds is 6. The SMILES string of the molecule is COc1cc(OC)c(OC)cc1/C=C/c1nc2n(c(=O)c1C)C1CC1(C(=O)O)C=C2. The Morgan fingerprint density at radius 3 is 2.47 bits per heavy atom. The molecule has 1 aliphatic heterocycles. The molecule has 1 aliphatic carbocycles. The molecular formula is C22H22N2O6. The van der Waals surface area contributed by atoms with E-state index >= 15 is 0 Å². The van der Waals surface area contributed by atoms with Crippen molar-refractivity contribution in [1.29, 1.82) is 0 Å². The fourth-order valence-electron chi connectivity index (χ4n) is 3.87. The summed E-state index contributed by atoms with van der Waals surface area (Å²) in [6, 6.07) is 3.12. The molecule has 8 heteroatoms. The lowest BCUT2D eigenvalue weighted by molar-refractivity contribution is -0.141. The fourth-order valence-corrected chi connectivity index (χ4v) is 3.87. The quantitative estimate of drug-likeness (QED) is 0.782. The molecule has 2 atom stereocenters. The van der Waals surface area contributed by atoms with Gasteiger partial charge in [-0.15, -0.1) is 0 Å². The van der Waals surface area contributed by atoms with Gasteiger partial charge in [0.05, 0.1) is 33.1 Å². The van der Waals surface area contributed by atoms with Gasteiger partial charge >= 0.3 is 5.97 Å². The first-order chi connectivity index (χ1) is 14.4.